The normalized spacial score (nSPS) is 11.8. The molecule has 1 N–H and O–H groups in total. The zero-order valence-electron chi connectivity index (χ0n) is 8.05. The standard InChI is InChI=1S/C11H7Cl3N2/c12-7-1-2-8(9(13)5-7)10(14)6-11-15-3-4-16-11/h1-6H,(H,15,16). The van der Waals surface area contributed by atoms with Gasteiger partial charge in [0.25, 0.3) is 0 Å². The molecule has 0 aliphatic carbocycles. The second-order valence-corrected chi connectivity index (χ2v) is 4.34. The van der Waals surface area contributed by atoms with Crippen LogP contribution in [-0.2, 0) is 0 Å². The van der Waals surface area contributed by atoms with Crippen LogP contribution < -0.4 is 0 Å². The monoisotopic (exact) mass is 272 g/mol. The first-order valence-electron chi connectivity index (χ1n) is 4.49. The fraction of sp³-hybridized carbons (Fsp3) is 0. The molecule has 2 aromatic rings. The Morgan fingerprint density at radius 1 is 1.31 bits per heavy atom. The quantitative estimate of drug-likeness (QED) is 0.860. The Morgan fingerprint density at radius 3 is 2.75 bits per heavy atom. The van der Waals surface area contributed by atoms with Crippen molar-refractivity contribution in [1.29, 1.82) is 0 Å². The van der Waals surface area contributed by atoms with E-state index in [-0.39, 0.29) is 0 Å². The highest BCUT2D eigenvalue weighted by Crippen LogP contribution is 2.30. The summed E-state index contributed by atoms with van der Waals surface area (Å²) in [6.45, 7) is 0. The molecule has 16 heavy (non-hydrogen) atoms. The molecule has 0 aliphatic rings. The molecule has 1 aromatic carbocycles. The van der Waals surface area contributed by atoms with Crippen molar-refractivity contribution in [3.63, 3.8) is 0 Å². The number of hydrogen-bond acceptors (Lipinski definition) is 1. The van der Waals surface area contributed by atoms with Crippen LogP contribution in [0.3, 0.4) is 0 Å². The van der Waals surface area contributed by atoms with Gasteiger partial charge in [0, 0.05) is 29.1 Å². The zero-order chi connectivity index (χ0) is 11.5. The van der Waals surface area contributed by atoms with Crippen LogP contribution in [0.1, 0.15) is 11.4 Å². The number of H-pyrrole nitrogens is 1. The second-order valence-electron chi connectivity index (χ2n) is 3.09. The molecule has 0 unspecified atom stereocenters. The summed E-state index contributed by atoms with van der Waals surface area (Å²) in [4.78, 5) is 6.97. The highest BCUT2D eigenvalue weighted by Gasteiger charge is 2.05. The third-order valence-electron chi connectivity index (χ3n) is 1.97. The summed E-state index contributed by atoms with van der Waals surface area (Å²) in [5.74, 6) is 0.677. The molecular weight excluding hydrogens is 266 g/mol. The van der Waals surface area contributed by atoms with E-state index in [0.29, 0.717) is 20.9 Å². The van der Waals surface area contributed by atoms with E-state index in [2.05, 4.69) is 9.97 Å². The lowest BCUT2D eigenvalue weighted by Gasteiger charge is -2.02. The third-order valence-corrected chi connectivity index (χ3v) is 2.83. The maximum Gasteiger partial charge on any atom is 0.131 e. The molecule has 2 rings (SSSR count). The van der Waals surface area contributed by atoms with Crippen LogP contribution in [0.5, 0.6) is 0 Å². The number of benzene rings is 1. The molecule has 82 valence electrons. The van der Waals surface area contributed by atoms with Crippen molar-refractivity contribution in [2.45, 2.75) is 0 Å². The van der Waals surface area contributed by atoms with Gasteiger partial charge in [-0.05, 0) is 12.1 Å². The predicted molar refractivity (Wildman–Crippen MR) is 68.8 cm³/mol. The van der Waals surface area contributed by atoms with Crippen LogP contribution in [0.4, 0.5) is 0 Å². The van der Waals surface area contributed by atoms with Crippen molar-refractivity contribution in [3.8, 4) is 0 Å². The number of aromatic nitrogens is 2. The molecule has 0 saturated carbocycles. The van der Waals surface area contributed by atoms with E-state index in [1.165, 1.54) is 0 Å². The van der Waals surface area contributed by atoms with Gasteiger partial charge in [-0.2, -0.15) is 0 Å². The van der Waals surface area contributed by atoms with Gasteiger partial charge in [0.1, 0.15) is 5.82 Å². The molecular formula is C11H7Cl3N2. The molecule has 0 amide bonds. The molecule has 1 heterocycles. The maximum absolute atomic E-state index is 6.13. The van der Waals surface area contributed by atoms with Gasteiger partial charge in [-0.15, -0.1) is 0 Å². The fourth-order valence-corrected chi connectivity index (χ4v) is 2.06. The van der Waals surface area contributed by atoms with Crippen molar-refractivity contribution < 1.29 is 0 Å². The van der Waals surface area contributed by atoms with E-state index in [9.17, 15) is 0 Å². The molecule has 0 fully saturated rings. The van der Waals surface area contributed by atoms with Crippen LogP contribution in [0, 0.1) is 0 Å². The summed E-state index contributed by atoms with van der Waals surface area (Å²) in [7, 11) is 0. The smallest absolute Gasteiger partial charge is 0.131 e. The first-order valence-corrected chi connectivity index (χ1v) is 5.62. The van der Waals surface area contributed by atoms with E-state index in [4.69, 9.17) is 34.8 Å². The summed E-state index contributed by atoms with van der Waals surface area (Å²) < 4.78 is 0. The average molecular weight is 274 g/mol. The van der Waals surface area contributed by atoms with Gasteiger partial charge in [-0.3, -0.25) is 0 Å². The Hall–Kier alpha value is -0.960. The van der Waals surface area contributed by atoms with Crippen LogP contribution in [-0.4, -0.2) is 9.97 Å². The lowest BCUT2D eigenvalue weighted by Crippen LogP contribution is -1.81. The van der Waals surface area contributed by atoms with Gasteiger partial charge in [0.2, 0.25) is 0 Å². The van der Waals surface area contributed by atoms with Crippen LogP contribution in [0.15, 0.2) is 30.6 Å². The molecule has 2 nitrogen and oxygen atoms in total. The summed E-state index contributed by atoms with van der Waals surface area (Å²) >= 11 is 18.0. The summed E-state index contributed by atoms with van der Waals surface area (Å²) in [6, 6.07) is 5.16. The largest absolute Gasteiger partial charge is 0.345 e. The van der Waals surface area contributed by atoms with Crippen molar-refractivity contribution in [2.75, 3.05) is 0 Å². The summed E-state index contributed by atoms with van der Waals surface area (Å²) in [5.41, 5.74) is 0.726. The second kappa shape index (κ2) is 4.91. The first-order chi connectivity index (χ1) is 7.66. The van der Waals surface area contributed by atoms with Crippen molar-refractivity contribution in [2.24, 2.45) is 0 Å². The molecule has 0 spiro atoms. The Kier molecular flexibility index (Phi) is 3.54. The summed E-state index contributed by atoms with van der Waals surface area (Å²) in [6.07, 6.45) is 5.08. The minimum absolute atomic E-state index is 0.511. The maximum atomic E-state index is 6.13. The fourth-order valence-electron chi connectivity index (χ4n) is 1.24. The molecule has 5 heteroatoms. The van der Waals surface area contributed by atoms with Gasteiger partial charge in [0.05, 0.1) is 10.1 Å². The SMILES string of the molecule is ClC(=Cc1ncc[nH]1)c1ccc(Cl)cc1Cl. The number of imidazole rings is 1. The van der Waals surface area contributed by atoms with Crippen molar-refractivity contribution >= 4 is 45.9 Å². The lowest BCUT2D eigenvalue weighted by atomic mass is 10.2. The first kappa shape index (κ1) is 11.5. The van der Waals surface area contributed by atoms with E-state index in [0.717, 1.165) is 5.56 Å². The number of rotatable bonds is 2. The van der Waals surface area contributed by atoms with E-state index in [1.807, 2.05) is 0 Å². The van der Waals surface area contributed by atoms with Crippen molar-refractivity contribution in [1.82, 2.24) is 9.97 Å². The predicted octanol–water partition coefficient (Wildman–Crippen LogP) is 4.45. The Morgan fingerprint density at radius 2 is 2.12 bits per heavy atom. The number of hydrogen-bond donors (Lipinski definition) is 1. The van der Waals surface area contributed by atoms with Gasteiger partial charge < -0.3 is 4.98 Å². The van der Waals surface area contributed by atoms with E-state index >= 15 is 0 Å². The Labute approximate surface area is 108 Å². The van der Waals surface area contributed by atoms with Gasteiger partial charge in [-0.1, -0.05) is 40.9 Å². The average Bonchev–Trinajstić information content (AvgIpc) is 2.70. The highest BCUT2D eigenvalue weighted by atomic mass is 35.5. The zero-order valence-corrected chi connectivity index (χ0v) is 10.3. The highest BCUT2D eigenvalue weighted by molar-refractivity contribution is 6.53. The third kappa shape index (κ3) is 2.59. The number of nitrogens with zero attached hydrogens (tertiary/aromatic N) is 1. The van der Waals surface area contributed by atoms with Gasteiger partial charge >= 0.3 is 0 Å². The lowest BCUT2D eigenvalue weighted by molar-refractivity contribution is 1.27. The number of nitrogens with one attached hydrogen (secondary N) is 1. The molecule has 0 aliphatic heterocycles. The topological polar surface area (TPSA) is 28.7 Å². The van der Waals surface area contributed by atoms with Crippen LogP contribution >= 0.6 is 34.8 Å². The molecule has 0 saturated heterocycles. The molecule has 0 radical (unpaired) electrons. The summed E-state index contributed by atoms with van der Waals surface area (Å²) in [5, 5.41) is 1.60. The van der Waals surface area contributed by atoms with Gasteiger partial charge in [0.15, 0.2) is 0 Å². The van der Waals surface area contributed by atoms with Crippen molar-refractivity contribution in [3.05, 3.63) is 52.0 Å². The van der Waals surface area contributed by atoms with E-state index < -0.39 is 0 Å². The van der Waals surface area contributed by atoms with Crippen LogP contribution in [0.25, 0.3) is 11.1 Å². The van der Waals surface area contributed by atoms with E-state index in [1.54, 1.807) is 36.7 Å². The molecule has 0 bridgehead atoms. The number of aromatic amines is 1. The Balaban J connectivity index is 2.37. The van der Waals surface area contributed by atoms with Crippen LogP contribution in [0.2, 0.25) is 10.0 Å². The molecule has 1 aromatic heterocycles. The van der Waals surface area contributed by atoms with Gasteiger partial charge in [-0.25, -0.2) is 4.98 Å². The minimum atomic E-state index is 0.511. The Bertz CT molecular complexity index is 518. The molecule has 0 atom stereocenters. The minimum Gasteiger partial charge on any atom is -0.345 e. The number of halogens is 3.